The van der Waals surface area contributed by atoms with Crippen LogP contribution in [0.1, 0.15) is 28.2 Å². The molecule has 3 rings (SSSR count). The topological polar surface area (TPSA) is 38.1 Å². The maximum atomic E-state index is 12.4. The van der Waals surface area contributed by atoms with Crippen molar-refractivity contribution in [3.63, 3.8) is 0 Å². The molecule has 106 valence electrons. The lowest BCUT2D eigenvalue weighted by Gasteiger charge is -2.27. The molecule has 5 heteroatoms. The zero-order chi connectivity index (χ0) is 14.1. The molecule has 1 aliphatic rings. The molecule has 0 radical (unpaired) electrons. The number of amides is 1. The lowest BCUT2D eigenvalue weighted by Crippen LogP contribution is -2.35. The molecule has 1 aliphatic heterocycles. The summed E-state index contributed by atoms with van der Waals surface area (Å²) in [5.41, 5.74) is 1.92. The van der Waals surface area contributed by atoms with Crippen molar-refractivity contribution >= 4 is 17.2 Å². The fourth-order valence-corrected chi connectivity index (χ4v) is 3.65. The second-order valence-corrected chi connectivity index (χ2v) is 6.29. The monoisotopic (exact) mass is 289 g/mol. The van der Waals surface area contributed by atoms with Crippen LogP contribution < -0.4 is 0 Å². The summed E-state index contributed by atoms with van der Waals surface area (Å²) in [6.07, 6.45) is 5.98. The Balaban J connectivity index is 1.64. The highest BCUT2D eigenvalue weighted by molar-refractivity contribution is 7.08. The second-order valence-electron chi connectivity index (χ2n) is 5.55. The number of carbonyl (C=O) groups excluding carboxylic acids is 1. The normalized spacial score (nSPS) is 17.8. The van der Waals surface area contributed by atoms with Crippen LogP contribution in [0.2, 0.25) is 0 Å². The zero-order valence-electron chi connectivity index (χ0n) is 11.9. The number of hydrogen-bond donors (Lipinski definition) is 0. The summed E-state index contributed by atoms with van der Waals surface area (Å²) in [6.45, 7) is 3.81. The smallest absolute Gasteiger partial charge is 0.254 e. The molecule has 3 heterocycles. The van der Waals surface area contributed by atoms with Crippen LogP contribution in [0.3, 0.4) is 0 Å². The highest BCUT2D eigenvalue weighted by atomic mass is 32.1. The van der Waals surface area contributed by atoms with Crippen LogP contribution in [0.5, 0.6) is 0 Å². The van der Waals surface area contributed by atoms with Crippen LogP contribution in [0.4, 0.5) is 0 Å². The van der Waals surface area contributed by atoms with Gasteiger partial charge in [0.1, 0.15) is 5.82 Å². The van der Waals surface area contributed by atoms with Crippen LogP contribution in [0, 0.1) is 12.8 Å². The summed E-state index contributed by atoms with van der Waals surface area (Å²) in [5.74, 6) is 1.80. The number of imidazole rings is 1. The molecule has 0 spiro atoms. The second kappa shape index (κ2) is 5.40. The minimum Gasteiger partial charge on any atom is -0.341 e. The molecule has 1 amide bonds. The van der Waals surface area contributed by atoms with Gasteiger partial charge in [0.2, 0.25) is 0 Å². The van der Waals surface area contributed by atoms with E-state index in [9.17, 15) is 4.79 Å². The summed E-state index contributed by atoms with van der Waals surface area (Å²) in [5, 5.41) is 3.97. The molecule has 0 bridgehead atoms. The van der Waals surface area contributed by atoms with Crippen molar-refractivity contribution in [2.24, 2.45) is 5.92 Å². The van der Waals surface area contributed by atoms with Gasteiger partial charge in [-0.3, -0.25) is 4.79 Å². The summed E-state index contributed by atoms with van der Waals surface area (Å²) in [6, 6.07) is 0. The molecular formula is C15H19N3OS. The van der Waals surface area contributed by atoms with E-state index < -0.39 is 0 Å². The molecule has 0 saturated heterocycles. The molecule has 2 aromatic rings. The minimum absolute atomic E-state index is 0.137. The van der Waals surface area contributed by atoms with Gasteiger partial charge in [0.15, 0.2) is 0 Å². The standard InChI is InChI=1S/C15H19N3OS/c1-11-9-20-10-13(11)15(19)17(2)8-12-3-5-18-6-4-16-14(18)7-12/h4,6,9-10,12H,3,5,7-8H2,1-2H3/t12-/m1/s1. The quantitative estimate of drug-likeness (QED) is 0.871. The van der Waals surface area contributed by atoms with E-state index in [-0.39, 0.29) is 5.91 Å². The van der Waals surface area contributed by atoms with Gasteiger partial charge in [-0.15, -0.1) is 0 Å². The predicted molar refractivity (Wildman–Crippen MR) is 80.1 cm³/mol. The lowest BCUT2D eigenvalue weighted by atomic mass is 9.97. The molecule has 1 atom stereocenters. The van der Waals surface area contributed by atoms with E-state index in [0.29, 0.717) is 5.92 Å². The first-order chi connectivity index (χ1) is 9.65. The molecule has 4 nitrogen and oxygen atoms in total. The van der Waals surface area contributed by atoms with Gasteiger partial charge in [0.05, 0.1) is 5.56 Å². The van der Waals surface area contributed by atoms with Crippen LogP contribution in [0.15, 0.2) is 23.2 Å². The predicted octanol–water partition coefficient (Wildman–Crippen LogP) is 2.59. The first-order valence-electron chi connectivity index (χ1n) is 6.93. The Morgan fingerprint density at radius 1 is 1.55 bits per heavy atom. The van der Waals surface area contributed by atoms with Crippen LogP contribution in [-0.2, 0) is 13.0 Å². The van der Waals surface area contributed by atoms with Gasteiger partial charge >= 0.3 is 0 Å². The molecule has 20 heavy (non-hydrogen) atoms. The zero-order valence-corrected chi connectivity index (χ0v) is 12.7. The molecule has 0 saturated carbocycles. The number of rotatable bonds is 3. The first-order valence-corrected chi connectivity index (χ1v) is 7.87. The Bertz CT molecular complexity index is 616. The lowest BCUT2D eigenvalue weighted by molar-refractivity contribution is 0.0764. The van der Waals surface area contributed by atoms with Crippen molar-refractivity contribution < 1.29 is 4.79 Å². The highest BCUT2D eigenvalue weighted by Crippen LogP contribution is 2.21. The Hall–Kier alpha value is -1.62. The summed E-state index contributed by atoms with van der Waals surface area (Å²) in [4.78, 5) is 18.7. The van der Waals surface area contributed by atoms with Crippen molar-refractivity contribution in [3.8, 4) is 0 Å². The molecule has 0 aromatic carbocycles. The van der Waals surface area contributed by atoms with Crippen molar-refractivity contribution in [1.29, 1.82) is 0 Å². The number of nitrogens with zero attached hydrogens (tertiary/aromatic N) is 3. The molecule has 0 unspecified atom stereocenters. The third-order valence-corrected chi connectivity index (χ3v) is 4.88. The van der Waals surface area contributed by atoms with E-state index in [2.05, 4.69) is 9.55 Å². The average molecular weight is 289 g/mol. The van der Waals surface area contributed by atoms with Crippen LogP contribution in [0.25, 0.3) is 0 Å². The molecule has 2 aromatic heterocycles. The van der Waals surface area contributed by atoms with Gasteiger partial charge in [0, 0.05) is 44.3 Å². The van der Waals surface area contributed by atoms with E-state index in [0.717, 1.165) is 42.9 Å². The van der Waals surface area contributed by atoms with Gasteiger partial charge in [-0.05, 0) is 30.2 Å². The summed E-state index contributed by atoms with van der Waals surface area (Å²) >= 11 is 1.59. The Labute approximate surface area is 123 Å². The van der Waals surface area contributed by atoms with E-state index in [1.807, 2.05) is 42.0 Å². The SMILES string of the molecule is Cc1cscc1C(=O)N(C)C[C@@H]1CCn2ccnc2C1. The van der Waals surface area contributed by atoms with Crippen molar-refractivity contribution in [1.82, 2.24) is 14.5 Å². The molecule has 0 aliphatic carbocycles. The third kappa shape index (κ3) is 2.50. The summed E-state index contributed by atoms with van der Waals surface area (Å²) in [7, 11) is 1.90. The van der Waals surface area contributed by atoms with Gasteiger partial charge in [-0.1, -0.05) is 0 Å². The molecule has 0 N–H and O–H groups in total. The maximum Gasteiger partial charge on any atom is 0.254 e. The minimum atomic E-state index is 0.137. The van der Waals surface area contributed by atoms with Crippen molar-refractivity contribution in [2.45, 2.75) is 26.3 Å². The van der Waals surface area contributed by atoms with Gasteiger partial charge in [-0.25, -0.2) is 4.98 Å². The Morgan fingerprint density at radius 2 is 2.40 bits per heavy atom. The Kier molecular flexibility index (Phi) is 3.61. The molecule has 0 fully saturated rings. The Morgan fingerprint density at radius 3 is 3.15 bits per heavy atom. The van der Waals surface area contributed by atoms with Crippen LogP contribution >= 0.6 is 11.3 Å². The number of hydrogen-bond acceptors (Lipinski definition) is 3. The third-order valence-electron chi connectivity index (χ3n) is 4.02. The van der Waals surface area contributed by atoms with Crippen molar-refractivity contribution in [2.75, 3.05) is 13.6 Å². The molecular weight excluding hydrogens is 270 g/mol. The van der Waals surface area contributed by atoms with Crippen molar-refractivity contribution in [3.05, 3.63) is 40.1 Å². The number of carbonyl (C=O) groups is 1. The maximum absolute atomic E-state index is 12.4. The summed E-state index contributed by atoms with van der Waals surface area (Å²) < 4.78 is 2.21. The van der Waals surface area contributed by atoms with Gasteiger partial charge in [0.25, 0.3) is 5.91 Å². The average Bonchev–Trinajstić information content (AvgIpc) is 3.05. The number of aromatic nitrogens is 2. The van der Waals surface area contributed by atoms with E-state index in [1.54, 1.807) is 11.3 Å². The van der Waals surface area contributed by atoms with E-state index >= 15 is 0 Å². The van der Waals surface area contributed by atoms with E-state index in [4.69, 9.17) is 0 Å². The van der Waals surface area contributed by atoms with Crippen LogP contribution in [-0.4, -0.2) is 34.0 Å². The fourth-order valence-electron chi connectivity index (χ4n) is 2.83. The number of thiophene rings is 1. The van der Waals surface area contributed by atoms with Gasteiger partial charge < -0.3 is 9.47 Å². The van der Waals surface area contributed by atoms with Gasteiger partial charge in [-0.2, -0.15) is 11.3 Å². The van der Waals surface area contributed by atoms with E-state index in [1.165, 1.54) is 0 Å². The fraction of sp³-hybridized carbons (Fsp3) is 0.467. The number of aryl methyl sites for hydroxylation is 2. The largest absolute Gasteiger partial charge is 0.341 e. The number of fused-ring (bicyclic) bond motifs is 1. The highest BCUT2D eigenvalue weighted by Gasteiger charge is 2.23. The first kappa shape index (κ1) is 13.4.